The summed E-state index contributed by atoms with van der Waals surface area (Å²) in [4.78, 5) is 22.2. The number of hydrogen-bond acceptors (Lipinski definition) is 5. The average molecular weight is 448 g/mol. The highest BCUT2D eigenvalue weighted by atomic mass is 35.5. The molecule has 0 saturated carbocycles. The van der Waals surface area contributed by atoms with Crippen molar-refractivity contribution in [1.82, 2.24) is 25.5 Å². The van der Waals surface area contributed by atoms with E-state index < -0.39 is 0 Å². The predicted octanol–water partition coefficient (Wildman–Crippen LogP) is 4.11. The highest BCUT2D eigenvalue weighted by molar-refractivity contribution is 6.40. The first-order valence-electron chi connectivity index (χ1n) is 8.33. The summed E-state index contributed by atoms with van der Waals surface area (Å²) in [5.74, 6) is 0.365. The molecule has 0 bridgehead atoms. The van der Waals surface area contributed by atoms with E-state index in [2.05, 4.69) is 20.8 Å². The topological polar surface area (TPSA) is 82.7 Å². The lowest BCUT2D eigenvalue weighted by Gasteiger charge is -2.22. The van der Waals surface area contributed by atoms with Gasteiger partial charge in [0.1, 0.15) is 19.2 Å². The number of carbonyl (C=O) groups excluding carboxylic acids is 1. The Kier molecular flexibility index (Phi) is 9.22. The Morgan fingerprint density at radius 2 is 2.04 bits per heavy atom. The van der Waals surface area contributed by atoms with Crippen molar-refractivity contribution in [2.24, 2.45) is 0 Å². The molecule has 11 heteroatoms. The number of benzene rings is 1. The number of halogens is 3. The fraction of sp³-hybridized carbons (Fsp3) is 0.294. The zero-order valence-electron chi connectivity index (χ0n) is 15.0. The van der Waals surface area contributed by atoms with E-state index in [1.54, 1.807) is 29.4 Å². The molecule has 8 nitrogen and oxygen atoms in total. The van der Waals surface area contributed by atoms with Crippen molar-refractivity contribution in [3.8, 4) is 5.75 Å². The van der Waals surface area contributed by atoms with Gasteiger partial charge in [-0.2, -0.15) is 5.43 Å². The molecule has 1 amide bonds. The van der Waals surface area contributed by atoms with Crippen molar-refractivity contribution < 1.29 is 14.4 Å². The van der Waals surface area contributed by atoms with Gasteiger partial charge in [-0.05, 0) is 24.1 Å². The lowest BCUT2D eigenvalue weighted by molar-refractivity contribution is 0.135. The molecule has 1 radical (unpaired) electrons. The predicted molar refractivity (Wildman–Crippen MR) is 107 cm³/mol. The Hall–Kier alpha value is -2.13. The normalized spacial score (nSPS) is 11.9. The second-order valence-corrected chi connectivity index (χ2v) is 6.66. The molecule has 3 rings (SSSR count). The van der Waals surface area contributed by atoms with E-state index in [1.165, 1.54) is 23.4 Å². The number of ether oxygens (including phenoxy) is 1. The van der Waals surface area contributed by atoms with Crippen molar-refractivity contribution in [1.29, 1.82) is 0 Å². The summed E-state index contributed by atoms with van der Waals surface area (Å²) in [6.45, 7) is 3.28. The molecule has 1 aliphatic rings. The van der Waals surface area contributed by atoms with Crippen molar-refractivity contribution in [3.05, 3.63) is 58.4 Å². The van der Waals surface area contributed by atoms with Crippen molar-refractivity contribution in [2.75, 3.05) is 19.7 Å². The van der Waals surface area contributed by atoms with Crippen LogP contribution in [0.25, 0.3) is 0 Å². The van der Waals surface area contributed by atoms with Gasteiger partial charge in [0.25, 0.3) is 0 Å². The smallest absolute Gasteiger partial charge is 0.329 e. The summed E-state index contributed by atoms with van der Waals surface area (Å²) in [5, 5.41) is 1.12. The van der Waals surface area contributed by atoms with Gasteiger partial charge < -0.3 is 14.5 Å². The van der Waals surface area contributed by atoms with Crippen LogP contribution in [0.4, 0.5) is 4.79 Å². The first-order valence-corrected chi connectivity index (χ1v) is 9.46. The zero-order chi connectivity index (χ0) is 20.4. The van der Waals surface area contributed by atoms with Gasteiger partial charge in [-0.25, -0.2) is 9.78 Å². The number of hydrogen-bond donors (Lipinski definition) is 1. The first kappa shape index (κ1) is 22.2. The van der Waals surface area contributed by atoms with Gasteiger partial charge >= 0.3 is 6.03 Å². The van der Waals surface area contributed by atoms with Crippen LogP contribution in [-0.4, -0.2) is 40.2 Å². The highest BCUT2D eigenvalue weighted by Gasteiger charge is 2.15. The highest BCUT2D eigenvalue weighted by Crippen LogP contribution is 2.35. The van der Waals surface area contributed by atoms with Crippen LogP contribution in [-0.2, 0) is 4.84 Å². The van der Waals surface area contributed by atoms with Crippen LogP contribution in [0.3, 0.4) is 0 Å². The van der Waals surface area contributed by atoms with Gasteiger partial charge in [0.15, 0.2) is 5.75 Å². The van der Waals surface area contributed by atoms with Gasteiger partial charge in [-0.15, -0.1) is 0 Å². The van der Waals surface area contributed by atoms with Crippen molar-refractivity contribution in [3.63, 3.8) is 0 Å². The fourth-order valence-corrected chi connectivity index (χ4v) is 3.11. The SMILES string of the molecule is C1=CON[N]1.CCCN(CCOc1c(Cl)cc(Cl)cc1Cl)C(=O)n1ccnc1. The lowest BCUT2D eigenvalue weighted by atomic mass is 10.3. The molecule has 0 atom stereocenters. The maximum Gasteiger partial charge on any atom is 0.329 e. The molecule has 1 aromatic carbocycles. The second-order valence-electron chi connectivity index (χ2n) is 5.41. The van der Waals surface area contributed by atoms with E-state index in [9.17, 15) is 4.79 Å². The summed E-state index contributed by atoms with van der Waals surface area (Å²) >= 11 is 18.0. The summed E-state index contributed by atoms with van der Waals surface area (Å²) < 4.78 is 7.05. The third-order valence-electron chi connectivity index (χ3n) is 3.37. The molecule has 2 heterocycles. The summed E-state index contributed by atoms with van der Waals surface area (Å²) in [6, 6.07) is 2.97. The standard InChI is InChI=1S/C15H16Cl3N3O2.C2H3N2O/c1-2-4-20(15(22)21-5-3-19-10-21)6-7-23-14-12(17)8-11(16)9-13(14)18;1-2-5-4-3-1/h3,5,8-10H,2,4,6-7H2,1H3;1-2,4H. The Bertz CT molecular complexity index is 757. The van der Waals surface area contributed by atoms with E-state index in [4.69, 9.17) is 39.5 Å². The van der Waals surface area contributed by atoms with Gasteiger partial charge in [0, 0.05) is 24.0 Å². The molecule has 1 N–H and O–H groups in total. The van der Waals surface area contributed by atoms with Crippen LogP contribution in [0.5, 0.6) is 5.75 Å². The van der Waals surface area contributed by atoms with E-state index in [0.29, 0.717) is 33.9 Å². The molecular formula is C17H19Cl3N5O3. The van der Waals surface area contributed by atoms with E-state index in [-0.39, 0.29) is 12.6 Å². The van der Waals surface area contributed by atoms with E-state index in [1.807, 2.05) is 6.92 Å². The minimum atomic E-state index is -0.152. The molecule has 0 unspecified atom stereocenters. The number of carbonyl (C=O) groups is 1. The van der Waals surface area contributed by atoms with Gasteiger partial charge in [0.05, 0.1) is 22.8 Å². The zero-order valence-corrected chi connectivity index (χ0v) is 17.3. The molecule has 2 aromatic rings. The van der Waals surface area contributed by atoms with Crippen LogP contribution < -0.4 is 15.8 Å². The first-order chi connectivity index (χ1) is 13.5. The molecule has 0 saturated heterocycles. The van der Waals surface area contributed by atoms with Gasteiger partial charge in [-0.3, -0.25) is 4.57 Å². The minimum absolute atomic E-state index is 0.152. The van der Waals surface area contributed by atoms with Crippen LogP contribution in [0.1, 0.15) is 13.3 Å². The maximum atomic E-state index is 12.3. The van der Waals surface area contributed by atoms with Crippen LogP contribution in [0, 0.1) is 0 Å². The van der Waals surface area contributed by atoms with Crippen molar-refractivity contribution in [2.45, 2.75) is 13.3 Å². The molecule has 1 aliphatic heterocycles. The molecule has 0 fully saturated rings. The Morgan fingerprint density at radius 3 is 2.54 bits per heavy atom. The number of imidazole rings is 1. The van der Waals surface area contributed by atoms with Gasteiger partial charge in [0.2, 0.25) is 0 Å². The Balaban J connectivity index is 0.000000485. The van der Waals surface area contributed by atoms with Crippen LogP contribution in [0.2, 0.25) is 15.1 Å². The molecule has 0 spiro atoms. The third-order valence-corrected chi connectivity index (χ3v) is 4.15. The fourth-order valence-electron chi connectivity index (χ4n) is 2.19. The summed E-state index contributed by atoms with van der Waals surface area (Å²) in [5.41, 5.74) is 5.67. The minimum Gasteiger partial charge on any atom is -0.489 e. The number of aromatic nitrogens is 2. The molecule has 1 aromatic heterocycles. The number of amides is 1. The van der Waals surface area contributed by atoms with Crippen LogP contribution >= 0.6 is 34.8 Å². The monoisotopic (exact) mass is 446 g/mol. The molecule has 28 heavy (non-hydrogen) atoms. The lowest BCUT2D eigenvalue weighted by Crippen LogP contribution is -2.37. The molecular weight excluding hydrogens is 429 g/mol. The quantitative estimate of drug-likeness (QED) is 0.720. The number of nitrogens with one attached hydrogen (secondary N) is 1. The average Bonchev–Trinajstić information content (AvgIpc) is 3.38. The largest absolute Gasteiger partial charge is 0.489 e. The summed E-state index contributed by atoms with van der Waals surface area (Å²) in [6.07, 6.45) is 8.46. The van der Waals surface area contributed by atoms with Gasteiger partial charge in [-0.1, -0.05) is 41.7 Å². The van der Waals surface area contributed by atoms with E-state index in [0.717, 1.165) is 6.42 Å². The molecule has 151 valence electrons. The van der Waals surface area contributed by atoms with Crippen molar-refractivity contribution >= 4 is 40.8 Å². The van der Waals surface area contributed by atoms with Crippen LogP contribution in [0.15, 0.2) is 43.3 Å². The Labute approximate surface area is 177 Å². The Morgan fingerprint density at radius 1 is 1.29 bits per heavy atom. The number of nitrogens with zero attached hydrogens (tertiary/aromatic N) is 4. The summed E-state index contributed by atoms with van der Waals surface area (Å²) in [7, 11) is 0. The number of rotatable bonds is 6. The third kappa shape index (κ3) is 6.79. The second kappa shape index (κ2) is 11.7. The van der Waals surface area contributed by atoms with E-state index >= 15 is 0 Å². The maximum absolute atomic E-state index is 12.3. The molecule has 0 aliphatic carbocycles.